The van der Waals surface area contributed by atoms with E-state index >= 15 is 4.39 Å². The lowest BCUT2D eigenvalue weighted by atomic mass is 9.66. The Kier molecular flexibility index (Phi) is 6.22. The third-order valence-electron chi connectivity index (χ3n) is 7.98. The fraction of sp³-hybridized carbons (Fsp3) is 0.696. The van der Waals surface area contributed by atoms with E-state index in [2.05, 4.69) is 15.5 Å². The van der Waals surface area contributed by atoms with Crippen molar-refractivity contribution in [2.45, 2.75) is 43.9 Å². The van der Waals surface area contributed by atoms with Crippen LogP contribution in [0.5, 0.6) is 0 Å². The standard InChI is InChI=1S/C23H31F2N5O3/c24-17-12-15(30(32)33)3-4-20(17)29-8-6-28(7-9-29)13-14-10-18(25)21-19(11-14)27-23(31)16-2-1-5-26-22(16)21/h3-4,12,14,16,18-19,21-22,26H,1-2,5-11,13H2,(H,27,31). The van der Waals surface area contributed by atoms with Gasteiger partial charge in [0.2, 0.25) is 5.91 Å². The van der Waals surface area contributed by atoms with Crippen molar-refractivity contribution >= 4 is 17.3 Å². The van der Waals surface area contributed by atoms with Crippen molar-refractivity contribution in [1.29, 1.82) is 0 Å². The molecular weight excluding hydrogens is 432 g/mol. The summed E-state index contributed by atoms with van der Waals surface area (Å²) in [4.78, 5) is 27.0. The van der Waals surface area contributed by atoms with Crippen LogP contribution in [0.3, 0.4) is 0 Å². The number of fused-ring (bicyclic) bond motifs is 3. The first-order chi connectivity index (χ1) is 15.9. The maximum Gasteiger partial charge on any atom is 0.272 e. The number of rotatable bonds is 4. The number of nitro groups is 1. The Labute approximate surface area is 191 Å². The van der Waals surface area contributed by atoms with Crippen LogP contribution < -0.4 is 15.5 Å². The quantitative estimate of drug-likeness (QED) is 0.525. The van der Waals surface area contributed by atoms with Gasteiger partial charge < -0.3 is 15.5 Å². The first-order valence-electron chi connectivity index (χ1n) is 12.0. The van der Waals surface area contributed by atoms with Crippen molar-refractivity contribution in [1.82, 2.24) is 15.5 Å². The zero-order valence-corrected chi connectivity index (χ0v) is 18.6. The van der Waals surface area contributed by atoms with Gasteiger partial charge in [0.25, 0.3) is 5.69 Å². The molecule has 1 amide bonds. The first-order valence-corrected chi connectivity index (χ1v) is 12.0. The third kappa shape index (κ3) is 4.42. The molecule has 4 fully saturated rings. The lowest BCUT2D eigenvalue weighted by Gasteiger charge is -2.51. The molecule has 4 aliphatic rings. The number of piperidine rings is 2. The van der Waals surface area contributed by atoms with E-state index in [-0.39, 0.29) is 41.4 Å². The maximum absolute atomic E-state index is 15.3. The molecule has 0 radical (unpaired) electrons. The molecule has 10 heteroatoms. The number of hydrogen-bond donors (Lipinski definition) is 2. The smallest absolute Gasteiger partial charge is 0.272 e. The van der Waals surface area contributed by atoms with E-state index in [1.54, 1.807) is 0 Å². The van der Waals surface area contributed by atoms with E-state index in [1.807, 2.05) is 4.90 Å². The zero-order valence-electron chi connectivity index (χ0n) is 18.6. The van der Waals surface area contributed by atoms with Gasteiger partial charge in [0.05, 0.1) is 22.6 Å². The van der Waals surface area contributed by atoms with Crippen LogP contribution in [0.1, 0.15) is 25.7 Å². The van der Waals surface area contributed by atoms with Gasteiger partial charge in [0.1, 0.15) is 6.17 Å². The number of carbonyl (C=O) groups excluding carboxylic acids is 1. The van der Waals surface area contributed by atoms with Gasteiger partial charge in [-0.05, 0) is 44.2 Å². The summed E-state index contributed by atoms with van der Waals surface area (Å²) >= 11 is 0. The maximum atomic E-state index is 15.3. The van der Waals surface area contributed by atoms with E-state index < -0.39 is 16.9 Å². The summed E-state index contributed by atoms with van der Waals surface area (Å²) in [6, 6.07) is 3.60. The average Bonchev–Trinajstić information content (AvgIpc) is 2.79. The normalized spacial score (nSPS) is 34.8. The second-order valence-corrected chi connectivity index (χ2v) is 9.95. The fourth-order valence-electron chi connectivity index (χ4n) is 6.42. The van der Waals surface area contributed by atoms with Crippen LogP contribution in [-0.2, 0) is 4.79 Å². The van der Waals surface area contributed by atoms with Crippen LogP contribution in [0.25, 0.3) is 0 Å². The minimum absolute atomic E-state index is 0.0476. The predicted molar refractivity (Wildman–Crippen MR) is 119 cm³/mol. The molecule has 33 heavy (non-hydrogen) atoms. The Morgan fingerprint density at radius 2 is 1.97 bits per heavy atom. The summed E-state index contributed by atoms with van der Waals surface area (Å²) in [6.45, 7) is 4.27. The van der Waals surface area contributed by atoms with Gasteiger partial charge in [0, 0.05) is 56.8 Å². The number of piperazine rings is 1. The molecule has 1 aromatic carbocycles. The van der Waals surface area contributed by atoms with Crippen molar-refractivity contribution < 1.29 is 18.5 Å². The molecule has 0 aromatic heterocycles. The van der Waals surface area contributed by atoms with E-state index in [0.29, 0.717) is 25.2 Å². The lowest BCUT2D eigenvalue weighted by Crippen LogP contribution is -2.67. The highest BCUT2D eigenvalue weighted by atomic mass is 19.1. The Bertz CT molecular complexity index is 910. The molecule has 180 valence electrons. The van der Waals surface area contributed by atoms with Gasteiger partial charge in [-0.3, -0.25) is 19.8 Å². The van der Waals surface area contributed by atoms with Crippen molar-refractivity contribution in [2.24, 2.45) is 17.8 Å². The summed E-state index contributed by atoms with van der Waals surface area (Å²) in [6.07, 6.45) is 2.17. The molecule has 5 rings (SSSR count). The highest BCUT2D eigenvalue weighted by Gasteiger charge is 2.51. The number of alkyl halides is 1. The van der Waals surface area contributed by atoms with Crippen LogP contribution in [0, 0.1) is 33.7 Å². The fourth-order valence-corrected chi connectivity index (χ4v) is 6.42. The Balaban J connectivity index is 1.17. The number of halogens is 2. The molecule has 1 aliphatic carbocycles. The third-order valence-corrected chi connectivity index (χ3v) is 7.98. The number of hydrogen-bond acceptors (Lipinski definition) is 6. The SMILES string of the molecule is O=C1NC2CC(CN3CCN(c4ccc([N+](=O)[O-])cc4F)CC3)CC(F)C2C2NCCCC12. The summed E-state index contributed by atoms with van der Waals surface area (Å²) < 4.78 is 29.7. The van der Waals surface area contributed by atoms with Crippen LogP contribution >= 0.6 is 0 Å². The number of nitrogens with one attached hydrogen (secondary N) is 2. The Morgan fingerprint density at radius 1 is 1.18 bits per heavy atom. The van der Waals surface area contributed by atoms with E-state index in [0.717, 1.165) is 51.5 Å². The molecule has 6 atom stereocenters. The van der Waals surface area contributed by atoms with Gasteiger partial charge in [-0.15, -0.1) is 0 Å². The van der Waals surface area contributed by atoms with Crippen LogP contribution in [0.4, 0.5) is 20.2 Å². The largest absolute Gasteiger partial charge is 0.367 e. The molecular formula is C23H31F2N5O3. The van der Waals surface area contributed by atoms with E-state index in [1.165, 1.54) is 12.1 Å². The number of carbonyl (C=O) groups is 1. The van der Waals surface area contributed by atoms with Crippen molar-refractivity contribution in [2.75, 3.05) is 44.2 Å². The number of nitro benzene ring substituents is 1. The number of non-ortho nitro benzene ring substituents is 1. The zero-order chi connectivity index (χ0) is 23.1. The van der Waals surface area contributed by atoms with Gasteiger partial charge in [-0.2, -0.15) is 0 Å². The van der Waals surface area contributed by atoms with Gasteiger partial charge in [0.15, 0.2) is 5.82 Å². The van der Waals surface area contributed by atoms with Crippen LogP contribution in [0.2, 0.25) is 0 Å². The molecule has 3 heterocycles. The van der Waals surface area contributed by atoms with Crippen LogP contribution in [-0.4, -0.2) is 73.3 Å². The molecule has 6 unspecified atom stereocenters. The molecule has 3 aliphatic heterocycles. The second kappa shape index (κ2) is 9.13. The van der Waals surface area contributed by atoms with Gasteiger partial charge >= 0.3 is 0 Å². The predicted octanol–water partition coefficient (Wildman–Crippen LogP) is 2.09. The molecule has 0 spiro atoms. The molecule has 3 saturated heterocycles. The summed E-state index contributed by atoms with van der Waals surface area (Å²) in [7, 11) is 0. The monoisotopic (exact) mass is 463 g/mol. The highest BCUT2D eigenvalue weighted by Crippen LogP contribution is 2.40. The van der Waals surface area contributed by atoms with Crippen LogP contribution in [0.15, 0.2) is 18.2 Å². The molecule has 0 bridgehead atoms. The number of amides is 1. The Morgan fingerprint density at radius 3 is 2.70 bits per heavy atom. The van der Waals surface area contributed by atoms with E-state index in [9.17, 15) is 19.3 Å². The summed E-state index contributed by atoms with van der Waals surface area (Å²) in [5, 5.41) is 17.4. The molecule has 1 saturated carbocycles. The molecule has 2 N–H and O–H groups in total. The highest BCUT2D eigenvalue weighted by molar-refractivity contribution is 5.81. The minimum Gasteiger partial charge on any atom is -0.367 e. The topological polar surface area (TPSA) is 90.8 Å². The van der Waals surface area contributed by atoms with Crippen molar-refractivity contribution in [3.05, 3.63) is 34.1 Å². The molecule has 8 nitrogen and oxygen atoms in total. The van der Waals surface area contributed by atoms with Crippen molar-refractivity contribution in [3.8, 4) is 0 Å². The number of nitrogens with zero attached hydrogens (tertiary/aromatic N) is 3. The average molecular weight is 464 g/mol. The lowest BCUT2D eigenvalue weighted by molar-refractivity contribution is -0.385. The number of benzene rings is 1. The summed E-state index contributed by atoms with van der Waals surface area (Å²) in [5.74, 6) is -0.600. The summed E-state index contributed by atoms with van der Waals surface area (Å²) in [5.41, 5.74) is 0.125. The first kappa shape index (κ1) is 22.5. The number of anilines is 1. The van der Waals surface area contributed by atoms with Gasteiger partial charge in [-0.25, -0.2) is 8.78 Å². The second-order valence-electron chi connectivity index (χ2n) is 9.95. The van der Waals surface area contributed by atoms with Crippen molar-refractivity contribution in [3.63, 3.8) is 0 Å². The Hall–Kier alpha value is -2.33. The minimum atomic E-state index is -0.928. The van der Waals surface area contributed by atoms with Gasteiger partial charge in [-0.1, -0.05) is 0 Å². The van der Waals surface area contributed by atoms with E-state index in [4.69, 9.17) is 0 Å². The molecule has 1 aromatic rings.